The van der Waals surface area contributed by atoms with Crippen LogP contribution in [0.3, 0.4) is 0 Å². The van der Waals surface area contributed by atoms with Crippen LogP contribution in [0.4, 0.5) is 4.79 Å². The van der Waals surface area contributed by atoms with Gasteiger partial charge in [0.25, 0.3) is 5.91 Å². The number of carbonyl (C=O) groups excluding carboxylic acids is 2. The molecule has 1 heterocycles. The molecule has 3 amide bonds. The predicted molar refractivity (Wildman–Crippen MR) is 82.9 cm³/mol. The molecule has 1 aromatic rings. The van der Waals surface area contributed by atoms with Crippen molar-refractivity contribution in [1.29, 1.82) is 0 Å². The lowest BCUT2D eigenvalue weighted by Gasteiger charge is -2.18. The molecular formula is C15H17BrN2O4. The number of urea groups is 1. The number of nitrogens with zero attached hydrogens (tertiary/aromatic N) is 2. The van der Waals surface area contributed by atoms with Gasteiger partial charge in [-0.15, -0.1) is 0 Å². The van der Waals surface area contributed by atoms with Crippen LogP contribution in [0.1, 0.15) is 18.4 Å². The average molecular weight is 369 g/mol. The highest BCUT2D eigenvalue weighted by molar-refractivity contribution is 9.10. The minimum absolute atomic E-state index is 0.154. The lowest BCUT2D eigenvalue weighted by Crippen LogP contribution is -2.33. The molecule has 0 unspecified atom stereocenters. The highest BCUT2D eigenvalue weighted by Crippen LogP contribution is 2.38. The van der Waals surface area contributed by atoms with Crippen LogP contribution in [0, 0.1) is 0 Å². The molecule has 0 bridgehead atoms. The van der Waals surface area contributed by atoms with Gasteiger partial charge in [-0.3, -0.25) is 9.69 Å². The Kier molecular flexibility index (Phi) is 3.99. The zero-order valence-corrected chi connectivity index (χ0v) is 14.1. The zero-order valence-electron chi connectivity index (χ0n) is 12.5. The van der Waals surface area contributed by atoms with Crippen molar-refractivity contribution in [2.75, 3.05) is 20.8 Å². The second kappa shape index (κ2) is 5.79. The summed E-state index contributed by atoms with van der Waals surface area (Å²) in [6.45, 7) is 0.413. The quantitative estimate of drug-likeness (QED) is 0.748. The molecule has 1 saturated carbocycles. The number of imide groups is 1. The Morgan fingerprint density at radius 2 is 1.95 bits per heavy atom. The van der Waals surface area contributed by atoms with E-state index in [2.05, 4.69) is 15.9 Å². The van der Waals surface area contributed by atoms with Crippen molar-refractivity contribution in [3.63, 3.8) is 0 Å². The first-order valence-corrected chi connectivity index (χ1v) is 7.86. The summed E-state index contributed by atoms with van der Waals surface area (Å²) in [5.74, 6) is 0.994. The third kappa shape index (κ3) is 2.54. The van der Waals surface area contributed by atoms with Crippen LogP contribution in [-0.4, -0.2) is 48.5 Å². The predicted octanol–water partition coefficient (Wildman–Crippen LogP) is 2.39. The third-order valence-corrected chi connectivity index (χ3v) is 4.83. The highest BCUT2D eigenvalue weighted by atomic mass is 79.9. The average Bonchev–Trinajstić information content (AvgIpc) is 3.31. The molecule has 2 fully saturated rings. The van der Waals surface area contributed by atoms with Gasteiger partial charge in [-0.25, -0.2) is 4.79 Å². The summed E-state index contributed by atoms with van der Waals surface area (Å²) in [7, 11) is 3.11. The molecule has 0 aromatic heterocycles. The first kappa shape index (κ1) is 15.1. The van der Waals surface area contributed by atoms with Crippen LogP contribution in [0.2, 0.25) is 0 Å². The number of rotatable bonds is 5. The molecular weight excluding hydrogens is 352 g/mol. The largest absolute Gasteiger partial charge is 0.493 e. The molecule has 2 aliphatic rings. The van der Waals surface area contributed by atoms with Crippen molar-refractivity contribution >= 4 is 27.9 Å². The van der Waals surface area contributed by atoms with E-state index in [1.54, 1.807) is 25.2 Å². The maximum atomic E-state index is 12.4. The van der Waals surface area contributed by atoms with Crippen molar-refractivity contribution in [3.05, 3.63) is 22.2 Å². The van der Waals surface area contributed by atoms with Crippen molar-refractivity contribution in [3.8, 4) is 11.5 Å². The number of ether oxygens (including phenoxy) is 2. The smallest absolute Gasteiger partial charge is 0.327 e. The second-order valence-corrected chi connectivity index (χ2v) is 6.19. The Hall–Kier alpha value is -1.76. The van der Waals surface area contributed by atoms with E-state index in [1.165, 1.54) is 4.90 Å². The van der Waals surface area contributed by atoms with Gasteiger partial charge in [0.2, 0.25) is 0 Å². The number of hydrogen-bond acceptors (Lipinski definition) is 4. The number of benzene rings is 1. The molecule has 1 saturated heterocycles. The van der Waals surface area contributed by atoms with Crippen LogP contribution in [0.25, 0.3) is 0 Å². The first-order valence-electron chi connectivity index (χ1n) is 7.07. The summed E-state index contributed by atoms with van der Waals surface area (Å²) in [4.78, 5) is 27.4. The van der Waals surface area contributed by atoms with Crippen LogP contribution < -0.4 is 9.47 Å². The van der Waals surface area contributed by atoms with Gasteiger partial charge in [0.15, 0.2) is 11.5 Å². The highest BCUT2D eigenvalue weighted by Gasteiger charge is 2.43. The normalized spacial score (nSPS) is 18.1. The van der Waals surface area contributed by atoms with Crippen LogP contribution >= 0.6 is 15.9 Å². The van der Waals surface area contributed by atoms with Gasteiger partial charge in [0.1, 0.15) is 6.54 Å². The van der Waals surface area contributed by atoms with E-state index >= 15 is 0 Å². The van der Waals surface area contributed by atoms with E-state index in [0.717, 1.165) is 18.4 Å². The third-order valence-electron chi connectivity index (χ3n) is 3.96. The van der Waals surface area contributed by atoms with Gasteiger partial charge in [-0.1, -0.05) is 6.07 Å². The first-order chi connectivity index (χ1) is 10.6. The molecule has 0 spiro atoms. The molecule has 7 heteroatoms. The maximum Gasteiger partial charge on any atom is 0.327 e. The molecule has 0 N–H and O–H groups in total. The Balaban J connectivity index is 1.84. The van der Waals surface area contributed by atoms with E-state index < -0.39 is 0 Å². The van der Waals surface area contributed by atoms with Crippen LogP contribution in [0.5, 0.6) is 11.5 Å². The molecule has 22 heavy (non-hydrogen) atoms. The molecule has 0 radical (unpaired) electrons. The summed E-state index contributed by atoms with van der Waals surface area (Å²) in [6.07, 6.45) is 1.99. The van der Waals surface area contributed by atoms with E-state index in [9.17, 15) is 9.59 Å². The minimum atomic E-state index is -0.200. The van der Waals surface area contributed by atoms with E-state index in [0.29, 0.717) is 16.0 Å². The van der Waals surface area contributed by atoms with Gasteiger partial charge >= 0.3 is 6.03 Å². The lowest BCUT2D eigenvalue weighted by atomic mass is 10.2. The Labute approximate surface area is 137 Å². The fraction of sp³-hybridized carbons (Fsp3) is 0.467. The standard InChI is InChI=1S/C15H17BrN2O4/c1-21-11-6-3-9(13(16)14(11)22-2)7-18-12(19)8-17(15(18)20)10-4-5-10/h3,6,10H,4-5,7-8H2,1-2H3. The van der Waals surface area contributed by atoms with Gasteiger partial charge in [0.05, 0.1) is 25.2 Å². The topological polar surface area (TPSA) is 59.1 Å². The SMILES string of the molecule is COc1ccc(CN2C(=O)CN(C3CC3)C2=O)c(Br)c1OC. The molecule has 1 aliphatic carbocycles. The van der Waals surface area contributed by atoms with Gasteiger partial charge < -0.3 is 14.4 Å². The number of amides is 3. The summed E-state index contributed by atoms with van der Waals surface area (Å²) in [5.41, 5.74) is 0.803. The molecule has 0 atom stereocenters. The van der Waals surface area contributed by atoms with E-state index in [1.807, 2.05) is 6.07 Å². The molecule has 3 rings (SSSR count). The van der Waals surface area contributed by atoms with Crippen molar-refractivity contribution in [2.45, 2.75) is 25.4 Å². The lowest BCUT2D eigenvalue weighted by molar-refractivity contribution is -0.125. The number of halogens is 1. The molecule has 6 nitrogen and oxygen atoms in total. The Morgan fingerprint density at radius 3 is 2.55 bits per heavy atom. The van der Waals surface area contributed by atoms with Gasteiger partial charge in [0, 0.05) is 6.04 Å². The second-order valence-electron chi connectivity index (χ2n) is 5.40. The minimum Gasteiger partial charge on any atom is -0.493 e. The van der Waals surface area contributed by atoms with E-state index in [4.69, 9.17) is 9.47 Å². The molecule has 118 valence electrons. The summed E-state index contributed by atoms with van der Waals surface area (Å²) in [5, 5.41) is 0. The number of methoxy groups -OCH3 is 2. The van der Waals surface area contributed by atoms with Gasteiger partial charge in [-0.05, 0) is 40.4 Å². The Bertz CT molecular complexity index is 630. The van der Waals surface area contributed by atoms with Gasteiger partial charge in [-0.2, -0.15) is 0 Å². The van der Waals surface area contributed by atoms with Crippen molar-refractivity contribution in [1.82, 2.24) is 9.80 Å². The summed E-state index contributed by atoms with van der Waals surface area (Å²) in [6, 6.07) is 3.64. The maximum absolute atomic E-state index is 12.4. The van der Waals surface area contributed by atoms with Crippen molar-refractivity contribution < 1.29 is 19.1 Å². The van der Waals surface area contributed by atoms with Crippen molar-refractivity contribution in [2.24, 2.45) is 0 Å². The number of carbonyl (C=O) groups is 2. The monoisotopic (exact) mass is 368 g/mol. The molecule has 1 aliphatic heterocycles. The van der Waals surface area contributed by atoms with Crippen LogP contribution in [0.15, 0.2) is 16.6 Å². The number of hydrogen-bond donors (Lipinski definition) is 0. The molecule has 1 aromatic carbocycles. The van der Waals surface area contributed by atoms with E-state index in [-0.39, 0.29) is 31.1 Å². The van der Waals surface area contributed by atoms with Crippen LogP contribution in [-0.2, 0) is 11.3 Å². The fourth-order valence-electron chi connectivity index (χ4n) is 2.61. The summed E-state index contributed by atoms with van der Waals surface area (Å²) >= 11 is 3.47. The zero-order chi connectivity index (χ0) is 15.9. The Morgan fingerprint density at radius 1 is 1.23 bits per heavy atom. The fourth-order valence-corrected chi connectivity index (χ4v) is 3.23. The summed E-state index contributed by atoms with van der Waals surface area (Å²) < 4.78 is 11.2.